The zero-order chi connectivity index (χ0) is 22.3. The number of halogens is 3. The fourth-order valence-corrected chi connectivity index (χ4v) is 4.22. The second kappa shape index (κ2) is 7.84. The average molecular weight is 443 g/mol. The molecule has 0 saturated heterocycles. The number of aromatic amines is 1. The monoisotopic (exact) mass is 443 g/mol. The number of pyridine rings is 1. The molecule has 1 aliphatic carbocycles. The van der Waals surface area contributed by atoms with E-state index in [4.69, 9.17) is 0 Å². The highest BCUT2D eigenvalue weighted by atomic mass is 19.4. The molecule has 9 nitrogen and oxygen atoms in total. The first-order valence-electron chi connectivity index (χ1n) is 10.3. The molecule has 0 amide bonds. The number of H-pyrrole nitrogens is 1. The van der Waals surface area contributed by atoms with E-state index in [1.165, 1.54) is 0 Å². The fraction of sp³-hybridized carbons (Fsp3) is 0.400. The number of nitrogens with one attached hydrogen (secondary N) is 2. The molecule has 2 N–H and O–H groups in total. The highest BCUT2D eigenvalue weighted by Crippen LogP contribution is 2.37. The van der Waals surface area contributed by atoms with Crippen LogP contribution in [0.25, 0.3) is 17.0 Å². The molecule has 5 rings (SSSR count). The van der Waals surface area contributed by atoms with Gasteiger partial charge in [0.25, 0.3) is 0 Å². The standard InChI is InChI=1S/C20H20F3N9/c1-11-16(29-31-27-11)17-14(20(21,22)23)10-24-19(26-17)25-13-6-4-5-12(9-13)18-30-28-15-7-2-3-8-32(15)18/h2-3,7-8,10,12-13H,4-6,9H2,1H3,(H,24,25,26)(H,27,29,31)/t12-,13+/m0/s1. The number of nitrogens with zero attached hydrogens (tertiary/aromatic N) is 7. The van der Waals surface area contributed by atoms with Crippen LogP contribution in [-0.4, -0.2) is 46.0 Å². The first-order valence-corrected chi connectivity index (χ1v) is 10.3. The minimum Gasteiger partial charge on any atom is -0.351 e. The Morgan fingerprint density at radius 2 is 2.00 bits per heavy atom. The number of alkyl halides is 3. The van der Waals surface area contributed by atoms with Gasteiger partial charge in [0, 0.05) is 24.4 Å². The van der Waals surface area contributed by atoms with Gasteiger partial charge in [-0.05, 0) is 38.3 Å². The molecule has 1 fully saturated rings. The molecule has 4 aromatic rings. The van der Waals surface area contributed by atoms with Crippen molar-refractivity contribution in [3.8, 4) is 11.4 Å². The summed E-state index contributed by atoms with van der Waals surface area (Å²) in [6.07, 6.45) is 1.64. The molecule has 4 aromatic heterocycles. The molecule has 12 heteroatoms. The van der Waals surface area contributed by atoms with Crippen molar-refractivity contribution < 1.29 is 13.2 Å². The van der Waals surface area contributed by atoms with Gasteiger partial charge in [-0.2, -0.15) is 28.6 Å². The lowest BCUT2D eigenvalue weighted by atomic mass is 9.85. The number of fused-ring (bicyclic) bond motifs is 1. The minimum absolute atomic E-state index is 0.00666. The zero-order valence-corrected chi connectivity index (χ0v) is 17.1. The molecule has 0 spiro atoms. The normalized spacial score (nSPS) is 19.4. The Hall–Kier alpha value is -3.57. The minimum atomic E-state index is -4.61. The predicted octanol–water partition coefficient (Wildman–Crippen LogP) is 3.77. The maximum atomic E-state index is 13.5. The van der Waals surface area contributed by atoms with Gasteiger partial charge in [-0.25, -0.2) is 9.97 Å². The van der Waals surface area contributed by atoms with Crippen LogP contribution in [0.3, 0.4) is 0 Å². The van der Waals surface area contributed by atoms with Crippen molar-refractivity contribution in [1.82, 2.24) is 40.0 Å². The Balaban J connectivity index is 1.41. The average Bonchev–Trinajstić information content (AvgIpc) is 3.39. The summed E-state index contributed by atoms with van der Waals surface area (Å²) < 4.78 is 42.6. The topological polar surface area (TPSA) is 110 Å². The van der Waals surface area contributed by atoms with Crippen molar-refractivity contribution >= 4 is 11.6 Å². The molecule has 0 bridgehead atoms. The molecule has 4 heterocycles. The smallest absolute Gasteiger partial charge is 0.351 e. The molecule has 166 valence electrons. The molecular weight excluding hydrogens is 423 g/mol. The van der Waals surface area contributed by atoms with Crippen LogP contribution >= 0.6 is 0 Å². The number of anilines is 1. The molecule has 0 unspecified atom stereocenters. The zero-order valence-electron chi connectivity index (χ0n) is 17.1. The first kappa shape index (κ1) is 20.3. The maximum Gasteiger partial charge on any atom is 0.420 e. The van der Waals surface area contributed by atoms with Crippen molar-refractivity contribution in [1.29, 1.82) is 0 Å². The Kier molecular flexibility index (Phi) is 4.98. The van der Waals surface area contributed by atoms with Gasteiger partial charge in [-0.1, -0.05) is 12.5 Å². The summed E-state index contributed by atoms with van der Waals surface area (Å²) in [6.45, 7) is 1.57. The first-order chi connectivity index (χ1) is 15.4. The van der Waals surface area contributed by atoms with Crippen molar-refractivity contribution in [3.63, 3.8) is 0 Å². The lowest BCUT2D eigenvalue weighted by Crippen LogP contribution is -2.28. The third-order valence-corrected chi connectivity index (χ3v) is 5.75. The van der Waals surface area contributed by atoms with E-state index in [2.05, 4.69) is 40.9 Å². The number of aryl methyl sites for hydroxylation is 1. The van der Waals surface area contributed by atoms with Gasteiger partial charge in [0.15, 0.2) is 5.65 Å². The largest absolute Gasteiger partial charge is 0.420 e. The molecule has 1 aliphatic rings. The van der Waals surface area contributed by atoms with Gasteiger partial charge in [0.2, 0.25) is 5.95 Å². The van der Waals surface area contributed by atoms with Crippen LogP contribution in [0.1, 0.15) is 48.7 Å². The van der Waals surface area contributed by atoms with Crippen molar-refractivity contribution in [2.45, 2.75) is 50.7 Å². The van der Waals surface area contributed by atoms with Crippen LogP contribution in [0.4, 0.5) is 19.1 Å². The molecule has 1 saturated carbocycles. The van der Waals surface area contributed by atoms with E-state index in [1.807, 2.05) is 28.8 Å². The third kappa shape index (κ3) is 3.76. The van der Waals surface area contributed by atoms with Crippen molar-refractivity contribution in [2.75, 3.05) is 5.32 Å². The van der Waals surface area contributed by atoms with Crippen LogP contribution in [0, 0.1) is 6.92 Å². The third-order valence-electron chi connectivity index (χ3n) is 5.75. The Labute approximate surface area is 180 Å². The van der Waals surface area contributed by atoms with Crippen LogP contribution < -0.4 is 5.32 Å². The van der Waals surface area contributed by atoms with Crippen molar-refractivity contribution in [2.24, 2.45) is 0 Å². The van der Waals surface area contributed by atoms with Gasteiger partial charge in [0.1, 0.15) is 22.8 Å². The molecule has 0 aliphatic heterocycles. The summed E-state index contributed by atoms with van der Waals surface area (Å²) in [6, 6.07) is 5.74. The Morgan fingerprint density at radius 3 is 2.78 bits per heavy atom. The number of hydrogen-bond donors (Lipinski definition) is 2. The number of rotatable bonds is 4. The summed E-state index contributed by atoms with van der Waals surface area (Å²) >= 11 is 0. The van der Waals surface area contributed by atoms with Gasteiger partial charge in [-0.3, -0.25) is 4.40 Å². The van der Waals surface area contributed by atoms with E-state index in [0.29, 0.717) is 5.69 Å². The summed E-state index contributed by atoms with van der Waals surface area (Å²) in [7, 11) is 0. The van der Waals surface area contributed by atoms with Gasteiger partial charge in [-0.15, -0.1) is 10.2 Å². The lowest BCUT2D eigenvalue weighted by Gasteiger charge is -2.29. The maximum absolute atomic E-state index is 13.5. The van der Waals surface area contributed by atoms with Crippen LogP contribution in [0.5, 0.6) is 0 Å². The van der Waals surface area contributed by atoms with E-state index >= 15 is 0 Å². The van der Waals surface area contributed by atoms with E-state index in [9.17, 15) is 13.2 Å². The van der Waals surface area contributed by atoms with Gasteiger partial charge in [0.05, 0.1) is 5.69 Å². The summed E-state index contributed by atoms with van der Waals surface area (Å²) in [5.41, 5.74) is -0.0689. The Bertz CT molecular complexity index is 1250. The molecule has 32 heavy (non-hydrogen) atoms. The van der Waals surface area contributed by atoms with Crippen LogP contribution in [-0.2, 0) is 6.18 Å². The summed E-state index contributed by atoms with van der Waals surface area (Å²) in [5.74, 6) is 1.19. The fourth-order valence-electron chi connectivity index (χ4n) is 4.22. The molecule has 0 aromatic carbocycles. The molecular formula is C20H20F3N9. The second-order valence-corrected chi connectivity index (χ2v) is 7.90. The Morgan fingerprint density at radius 1 is 1.12 bits per heavy atom. The predicted molar refractivity (Wildman–Crippen MR) is 109 cm³/mol. The van der Waals surface area contributed by atoms with Crippen LogP contribution in [0.2, 0.25) is 0 Å². The molecule has 0 radical (unpaired) electrons. The van der Waals surface area contributed by atoms with Crippen molar-refractivity contribution in [3.05, 3.63) is 47.7 Å². The number of aromatic nitrogens is 8. The highest BCUT2D eigenvalue weighted by molar-refractivity contribution is 5.62. The molecule has 2 atom stereocenters. The quantitative estimate of drug-likeness (QED) is 0.494. The van der Waals surface area contributed by atoms with E-state index in [-0.39, 0.29) is 29.3 Å². The highest BCUT2D eigenvalue weighted by Gasteiger charge is 2.37. The van der Waals surface area contributed by atoms with Crippen LogP contribution in [0.15, 0.2) is 30.6 Å². The summed E-state index contributed by atoms with van der Waals surface area (Å²) in [4.78, 5) is 8.12. The lowest BCUT2D eigenvalue weighted by molar-refractivity contribution is -0.137. The van der Waals surface area contributed by atoms with Gasteiger partial charge >= 0.3 is 6.18 Å². The van der Waals surface area contributed by atoms with E-state index < -0.39 is 11.7 Å². The number of hydrogen-bond acceptors (Lipinski definition) is 7. The van der Waals surface area contributed by atoms with E-state index in [0.717, 1.165) is 43.4 Å². The van der Waals surface area contributed by atoms with Gasteiger partial charge < -0.3 is 5.32 Å². The SMILES string of the molecule is Cc1n[nH]nc1-c1nc(N[C@@H]2CCC[C@H](c3nnc4ccccn34)C2)ncc1C(F)(F)F. The van der Waals surface area contributed by atoms with E-state index in [1.54, 1.807) is 6.92 Å². The second-order valence-electron chi connectivity index (χ2n) is 7.90. The summed E-state index contributed by atoms with van der Waals surface area (Å²) in [5, 5.41) is 21.8.